The fourth-order valence-electron chi connectivity index (χ4n) is 0.650. The number of aliphatic hydroxyl groups excluding tert-OH is 4. The molecule has 0 amide bonds. The van der Waals surface area contributed by atoms with Gasteiger partial charge in [-0.2, -0.15) is 0 Å². The van der Waals surface area contributed by atoms with Gasteiger partial charge in [-0.05, 0) is 11.6 Å². The van der Waals surface area contributed by atoms with E-state index in [4.69, 9.17) is 32.0 Å². The lowest BCUT2D eigenvalue weighted by molar-refractivity contribution is -0.119. The highest BCUT2D eigenvalue weighted by atomic mass is 35.5. The number of rotatable bonds is 5. The van der Waals surface area contributed by atoms with Gasteiger partial charge in [0.05, 0.1) is 19.1 Å². The zero-order valence-corrected chi connectivity index (χ0v) is 6.98. The molecule has 72 valence electrons. The van der Waals surface area contributed by atoms with Gasteiger partial charge in [-0.25, -0.2) is 0 Å². The molecule has 5 nitrogen and oxygen atoms in total. The molecule has 0 aromatic rings. The second kappa shape index (κ2) is 5.45. The van der Waals surface area contributed by atoms with Crippen molar-refractivity contribution in [2.45, 2.75) is 24.7 Å². The Morgan fingerprint density at radius 3 is 2.08 bits per heavy atom. The minimum atomic E-state index is -1.56. The van der Waals surface area contributed by atoms with Crippen molar-refractivity contribution in [1.29, 1.82) is 0 Å². The summed E-state index contributed by atoms with van der Waals surface area (Å²) in [6.45, 7) is -0.686. The maximum atomic E-state index is 10.2. The normalized spacial score (nSPS) is 18.4. The first-order chi connectivity index (χ1) is 5.49. The first-order valence-electron chi connectivity index (χ1n) is 3.32. The smallest absolute Gasteiger partial charge is 0.224 e. The minimum Gasteiger partial charge on any atom is -0.394 e. The quantitative estimate of drug-likeness (QED) is 0.392. The molecule has 0 rings (SSSR count). The number of carbonyl (C=O) groups excluding carboxylic acids is 1. The van der Waals surface area contributed by atoms with E-state index in [0.29, 0.717) is 0 Å². The van der Waals surface area contributed by atoms with Crippen molar-refractivity contribution in [3.63, 3.8) is 0 Å². The van der Waals surface area contributed by atoms with Crippen molar-refractivity contribution in [2.24, 2.45) is 0 Å². The topological polar surface area (TPSA) is 98.0 Å². The molecule has 0 fully saturated rings. The Kier molecular flexibility index (Phi) is 5.36. The Balaban J connectivity index is 3.91. The lowest BCUT2D eigenvalue weighted by atomic mass is 10.1. The van der Waals surface area contributed by atoms with Gasteiger partial charge in [0, 0.05) is 0 Å². The monoisotopic (exact) mass is 198 g/mol. The molecule has 0 heterocycles. The Bertz CT molecular complexity index is 151. The summed E-state index contributed by atoms with van der Waals surface area (Å²) < 4.78 is 0. The van der Waals surface area contributed by atoms with Crippen molar-refractivity contribution >= 4 is 16.8 Å². The van der Waals surface area contributed by atoms with Crippen LogP contribution in [-0.4, -0.2) is 50.6 Å². The van der Waals surface area contributed by atoms with Crippen molar-refractivity contribution in [3.8, 4) is 0 Å². The van der Waals surface area contributed by atoms with E-state index in [1.54, 1.807) is 0 Å². The maximum Gasteiger partial charge on any atom is 0.224 e. The van der Waals surface area contributed by atoms with E-state index < -0.39 is 36.6 Å². The molecule has 4 N–H and O–H groups in total. The van der Waals surface area contributed by atoms with Crippen molar-refractivity contribution < 1.29 is 25.2 Å². The molecular weight excluding hydrogens is 188 g/mol. The van der Waals surface area contributed by atoms with Crippen LogP contribution in [0.15, 0.2) is 0 Å². The van der Waals surface area contributed by atoms with Gasteiger partial charge in [-0.15, -0.1) is 0 Å². The highest BCUT2D eigenvalue weighted by Crippen LogP contribution is 2.05. The Labute approximate surface area is 74.2 Å². The fourth-order valence-corrected chi connectivity index (χ4v) is 0.808. The molecule has 0 spiro atoms. The van der Waals surface area contributed by atoms with Crippen LogP contribution in [0.5, 0.6) is 0 Å². The minimum absolute atomic E-state index is 0.459. The molecule has 0 aliphatic heterocycles. The molecule has 12 heavy (non-hydrogen) atoms. The van der Waals surface area contributed by atoms with Crippen molar-refractivity contribution in [3.05, 3.63) is 0 Å². The van der Waals surface area contributed by atoms with E-state index >= 15 is 0 Å². The van der Waals surface area contributed by atoms with Crippen LogP contribution in [0.1, 0.15) is 6.42 Å². The summed E-state index contributed by atoms with van der Waals surface area (Å²) in [5, 5.41) is 34.3. The number of aliphatic hydroxyl groups is 4. The second-order valence-corrected chi connectivity index (χ2v) is 2.79. The van der Waals surface area contributed by atoms with Crippen LogP contribution in [-0.2, 0) is 4.79 Å². The van der Waals surface area contributed by atoms with Crippen LogP contribution in [0.4, 0.5) is 0 Å². The van der Waals surface area contributed by atoms with Gasteiger partial charge in [0.15, 0.2) is 0 Å². The van der Waals surface area contributed by atoms with Crippen LogP contribution in [0.2, 0.25) is 0 Å². The Morgan fingerprint density at radius 2 is 1.75 bits per heavy atom. The third-order valence-electron chi connectivity index (χ3n) is 1.35. The molecule has 0 radical (unpaired) electrons. The van der Waals surface area contributed by atoms with Crippen LogP contribution in [0.25, 0.3) is 0 Å². The largest absolute Gasteiger partial charge is 0.394 e. The number of halogens is 1. The Hall–Kier alpha value is -0.200. The highest BCUT2D eigenvalue weighted by Gasteiger charge is 2.25. The van der Waals surface area contributed by atoms with Gasteiger partial charge < -0.3 is 20.4 Å². The van der Waals surface area contributed by atoms with E-state index in [1.165, 1.54) is 0 Å². The predicted octanol–water partition coefficient (Wildman–Crippen LogP) is -1.78. The zero-order chi connectivity index (χ0) is 9.72. The lowest BCUT2D eigenvalue weighted by Gasteiger charge is -2.19. The first kappa shape index (κ1) is 11.8. The SMILES string of the molecule is O=C(Cl)CC(O)C(O)C(O)CO. The summed E-state index contributed by atoms with van der Waals surface area (Å²) in [7, 11) is 0. The predicted molar refractivity (Wildman–Crippen MR) is 40.6 cm³/mol. The van der Waals surface area contributed by atoms with Crippen LogP contribution < -0.4 is 0 Å². The third kappa shape index (κ3) is 3.99. The summed E-state index contributed by atoms with van der Waals surface area (Å²) in [4.78, 5) is 10.2. The van der Waals surface area contributed by atoms with Gasteiger partial charge >= 0.3 is 0 Å². The summed E-state index contributed by atoms with van der Waals surface area (Å²) in [6, 6.07) is 0. The molecule has 0 saturated heterocycles. The van der Waals surface area contributed by atoms with Crippen molar-refractivity contribution in [1.82, 2.24) is 0 Å². The molecule has 0 aliphatic carbocycles. The zero-order valence-electron chi connectivity index (χ0n) is 6.22. The van der Waals surface area contributed by atoms with Gasteiger partial charge in [0.2, 0.25) is 5.24 Å². The molecule has 6 heteroatoms. The standard InChI is InChI=1S/C6H11ClO5/c7-5(11)1-3(9)6(12)4(10)2-8/h3-4,6,8-10,12H,1-2H2. The van der Waals surface area contributed by atoms with Gasteiger partial charge in [-0.3, -0.25) is 4.79 Å². The van der Waals surface area contributed by atoms with Crippen LogP contribution in [0, 0.1) is 0 Å². The molecule has 3 atom stereocenters. The molecule has 0 aromatic heterocycles. The van der Waals surface area contributed by atoms with E-state index in [2.05, 4.69) is 0 Å². The molecular formula is C6H11ClO5. The highest BCUT2D eigenvalue weighted by molar-refractivity contribution is 6.63. The molecule has 0 saturated carbocycles. The number of hydrogen-bond donors (Lipinski definition) is 4. The fraction of sp³-hybridized carbons (Fsp3) is 0.833. The summed E-state index contributed by atoms with van der Waals surface area (Å²) in [5.74, 6) is 0. The van der Waals surface area contributed by atoms with E-state index in [9.17, 15) is 4.79 Å². The second-order valence-electron chi connectivity index (χ2n) is 2.37. The number of hydrogen-bond acceptors (Lipinski definition) is 5. The van der Waals surface area contributed by atoms with Gasteiger partial charge in [0.1, 0.15) is 12.2 Å². The average molecular weight is 199 g/mol. The lowest BCUT2D eigenvalue weighted by Crippen LogP contribution is -2.40. The van der Waals surface area contributed by atoms with Gasteiger partial charge in [-0.1, -0.05) is 0 Å². The Morgan fingerprint density at radius 1 is 1.25 bits per heavy atom. The molecule has 0 aromatic carbocycles. The number of carbonyl (C=O) groups is 1. The summed E-state index contributed by atoms with van der Waals surface area (Å²) >= 11 is 4.91. The van der Waals surface area contributed by atoms with Crippen molar-refractivity contribution in [2.75, 3.05) is 6.61 Å². The maximum absolute atomic E-state index is 10.2. The summed E-state index contributed by atoms with van der Waals surface area (Å²) in [6.07, 6.45) is -4.93. The van der Waals surface area contributed by atoms with Gasteiger partial charge in [0.25, 0.3) is 0 Å². The average Bonchev–Trinajstić information content (AvgIpc) is 2.00. The van der Waals surface area contributed by atoms with Crippen LogP contribution in [0.3, 0.4) is 0 Å². The summed E-state index contributed by atoms with van der Waals surface area (Å²) in [5.41, 5.74) is 0. The van der Waals surface area contributed by atoms with E-state index in [0.717, 1.165) is 0 Å². The first-order valence-corrected chi connectivity index (χ1v) is 3.70. The molecule has 3 unspecified atom stereocenters. The molecule has 0 aliphatic rings. The van der Waals surface area contributed by atoms with E-state index in [-0.39, 0.29) is 0 Å². The molecule has 0 bridgehead atoms. The van der Waals surface area contributed by atoms with Crippen LogP contribution >= 0.6 is 11.6 Å². The third-order valence-corrected chi connectivity index (χ3v) is 1.50. The van der Waals surface area contributed by atoms with E-state index in [1.807, 2.05) is 0 Å².